The molecule has 0 aromatic carbocycles. The molecule has 0 aliphatic carbocycles. The van der Waals surface area contributed by atoms with E-state index < -0.39 is 0 Å². The summed E-state index contributed by atoms with van der Waals surface area (Å²) in [4.78, 5) is 10.0. The second-order valence-corrected chi connectivity index (χ2v) is 3.83. The molecule has 0 aromatic heterocycles. The van der Waals surface area contributed by atoms with Gasteiger partial charge in [-0.15, -0.1) is 0 Å². The van der Waals surface area contributed by atoms with E-state index in [4.69, 9.17) is 14.2 Å². The normalized spacial score (nSPS) is 23.4. The zero-order valence-electron chi connectivity index (χ0n) is 9.31. The van der Waals surface area contributed by atoms with E-state index in [1.807, 2.05) is 0 Å². The van der Waals surface area contributed by atoms with Gasteiger partial charge in [0.1, 0.15) is 0 Å². The maximum Gasteiger partial charge on any atom is 0.293 e. The van der Waals surface area contributed by atoms with Gasteiger partial charge in [-0.3, -0.25) is 4.79 Å². The molecule has 2 unspecified atom stereocenters. The first-order valence-corrected chi connectivity index (χ1v) is 5.65. The Morgan fingerprint density at radius 2 is 2.33 bits per heavy atom. The molecule has 1 fully saturated rings. The maximum atomic E-state index is 10.0. The number of carbonyl (C=O) groups is 1. The van der Waals surface area contributed by atoms with Crippen molar-refractivity contribution in [3.63, 3.8) is 0 Å². The Labute approximate surface area is 90.9 Å². The largest absolute Gasteiger partial charge is 0.468 e. The summed E-state index contributed by atoms with van der Waals surface area (Å²) < 4.78 is 15.8. The van der Waals surface area contributed by atoms with E-state index in [2.05, 4.69) is 6.92 Å². The van der Waals surface area contributed by atoms with Crippen molar-refractivity contribution in [1.82, 2.24) is 0 Å². The number of ether oxygens (including phenoxy) is 3. The fraction of sp³-hybridized carbons (Fsp3) is 0.909. The van der Waals surface area contributed by atoms with E-state index in [1.54, 1.807) is 0 Å². The van der Waals surface area contributed by atoms with Crippen molar-refractivity contribution < 1.29 is 19.0 Å². The van der Waals surface area contributed by atoms with E-state index in [0.29, 0.717) is 19.7 Å². The molecule has 0 N–H and O–H groups in total. The van der Waals surface area contributed by atoms with Crippen LogP contribution in [0.3, 0.4) is 0 Å². The highest BCUT2D eigenvalue weighted by Gasteiger charge is 2.16. The van der Waals surface area contributed by atoms with E-state index >= 15 is 0 Å². The second kappa shape index (κ2) is 7.65. The second-order valence-electron chi connectivity index (χ2n) is 3.83. The van der Waals surface area contributed by atoms with Gasteiger partial charge < -0.3 is 14.2 Å². The lowest BCUT2D eigenvalue weighted by atomic mass is 10.1. The van der Waals surface area contributed by atoms with Crippen LogP contribution in [0, 0.1) is 5.92 Å². The maximum absolute atomic E-state index is 10.0. The minimum absolute atomic E-state index is 0.0518. The molecule has 0 aromatic rings. The number of hydrogen-bond acceptors (Lipinski definition) is 4. The smallest absolute Gasteiger partial charge is 0.293 e. The monoisotopic (exact) mass is 216 g/mol. The standard InChI is InChI=1S/C11H20O4/c1-2-10(7-13-9-12)8-15-11-5-3-4-6-14-11/h9-11H,2-8H2,1H3. The highest BCUT2D eigenvalue weighted by atomic mass is 16.7. The van der Waals surface area contributed by atoms with Gasteiger partial charge in [0.15, 0.2) is 6.29 Å². The third-order valence-corrected chi connectivity index (χ3v) is 2.63. The summed E-state index contributed by atoms with van der Waals surface area (Å²) in [6, 6.07) is 0. The minimum Gasteiger partial charge on any atom is -0.468 e. The van der Waals surface area contributed by atoms with Crippen molar-refractivity contribution >= 4 is 6.47 Å². The van der Waals surface area contributed by atoms with E-state index in [-0.39, 0.29) is 12.2 Å². The molecule has 4 heteroatoms. The molecule has 1 heterocycles. The SMILES string of the molecule is CCC(COC=O)COC1CCCCO1. The van der Waals surface area contributed by atoms with Crippen molar-refractivity contribution in [3.05, 3.63) is 0 Å². The molecule has 1 saturated heterocycles. The van der Waals surface area contributed by atoms with Crippen LogP contribution < -0.4 is 0 Å². The molecular weight excluding hydrogens is 196 g/mol. The summed E-state index contributed by atoms with van der Waals surface area (Å²) in [5, 5.41) is 0. The Balaban J connectivity index is 2.11. The van der Waals surface area contributed by atoms with Crippen LogP contribution in [0.25, 0.3) is 0 Å². The van der Waals surface area contributed by atoms with Crippen LogP contribution >= 0.6 is 0 Å². The fourth-order valence-electron chi connectivity index (χ4n) is 1.55. The molecule has 0 saturated carbocycles. The van der Waals surface area contributed by atoms with E-state index in [1.165, 1.54) is 6.42 Å². The summed E-state index contributed by atoms with van der Waals surface area (Å²) in [6.07, 6.45) is 4.17. The predicted molar refractivity (Wildman–Crippen MR) is 55.3 cm³/mol. The number of rotatable bonds is 7. The molecule has 4 nitrogen and oxygen atoms in total. The van der Waals surface area contributed by atoms with Crippen molar-refractivity contribution in [2.75, 3.05) is 19.8 Å². The van der Waals surface area contributed by atoms with Gasteiger partial charge >= 0.3 is 0 Å². The van der Waals surface area contributed by atoms with Crippen LogP contribution in [0.1, 0.15) is 32.6 Å². The number of hydrogen-bond donors (Lipinski definition) is 0. The van der Waals surface area contributed by atoms with Gasteiger partial charge in [-0.25, -0.2) is 0 Å². The molecule has 0 spiro atoms. The third-order valence-electron chi connectivity index (χ3n) is 2.63. The van der Waals surface area contributed by atoms with Crippen LogP contribution in [-0.4, -0.2) is 32.6 Å². The molecule has 1 aliphatic heterocycles. The van der Waals surface area contributed by atoms with E-state index in [0.717, 1.165) is 25.9 Å². The van der Waals surface area contributed by atoms with Gasteiger partial charge in [-0.05, 0) is 25.7 Å². The van der Waals surface area contributed by atoms with Crippen LogP contribution in [0.5, 0.6) is 0 Å². The quantitative estimate of drug-likeness (QED) is 0.608. The van der Waals surface area contributed by atoms with Crippen LogP contribution in [0.4, 0.5) is 0 Å². The summed E-state index contributed by atoms with van der Waals surface area (Å²) in [5.74, 6) is 0.278. The highest BCUT2D eigenvalue weighted by Crippen LogP contribution is 2.15. The van der Waals surface area contributed by atoms with Crippen molar-refractivity contribution in [2.45, 2.75) is 38.9 Å². The number of carbonyl (C=O) groups excluding carboxylic acids is 1. The molecule has 1 rings (SSSR count). The lowest BCUT2D eigenvalue weighted by Gasteiger charge is -2.24. The summed E-state index contributed by atoms with van der Waals surface area (Å²) >= 11 is 0. The predicted octanol–water partition coefficient (Wildman–Crippen LogP) is 1.73. The summed E-state index contributed by atoms with van der Waals surface area (Å²) in [6.45, 7) is 4.39. The van der Waals surface area contributed by atoms with E-state index in [9.17, 15) is 4.79 Å². The first-order chi connectivity index (χ1) is 7.36. The molecular formula is C11H20O4. The molecule has 15 heavy (non-hydrogen) atoms. The van der Waals surface area contributed by atoms with Gasteiger partial charge in [0.25, 0.3) is 6.47 Å². The topological polar surface area (TPSA) is 44.8 Å². The van der Waals surface area contributed by atoms with Gasteiger partial charge in [0, 0.05) is 12.5 Å². The average Bonchev–Trinajstić information content (AvgIpc) is 2.31. The van der Waals surface area contributed by atoms with Gasteiger partial charge in [0.2, 0.25) is 0 Å². The molecule has 0 radical (unpaired) electrons. The van der Waals surface area contributed by atoms with Crippen molar-refractivity contribution in [2.24, 2.45) is 5.92 Å². The Kier molecular flexibility index (Phi) is 6.36. The summed E-state index contributed by atoms with van der Waals surface area (Å²) in [5.41, 5.74) is 0. The zero-order chi connectivity index (χ0) is 10.9. The average molecular weight is 216 g/mol. The lowest BCUT2D eigenvalue weighted by Crippen LogP contribution is -2.26. The first-order valence-electron chi connectivity index (χ1n) is 5.65. The van der Waals surface area contributed by atoms with Crippen molar-refractivity contribution in [3.8, 4) is 0 Å². The Morgan fingerprint density at radius 1 is 1.47 bits per heavy atom. The lowest BCUT2D eigenvalue weighted by molar-refractivity contribution is -0.172. The van der Waals surface area contributed by atoms with Gasteiger partial charge in [-0.1, -0.05) is 6.92 Å². The molecule has 0 amide bonds. The minimum atomic E-state index is -0.0518. The van der Waals surface area contributed by atoms with Crippen LogP contribution in [-0.2, 0) is 19.0 Å². The fourth-order valence-corrected chi connectivity index (χ4v) is 1.55. The Morgan fingerprint density at radius 3 is 2.93 bits per heavy atom. The first kappa shape index (κ1) is 12.5. The van der Waals surface area contributed by atoms with Gasteiger partial charge in [-0.2, -0.15) is 0 Å². The van der Waals surface area contributed by atoms with Crippen LogP contribution in [0.2, 0.25) is 0 Å². The van der Waals surface area contributed by atoms with Crippen molar-refractivity contribution in [1.29, 1.82) is 0 Å². The third kappa shape index (κ3) is 5.14. The summed E-state index contributed by atoms with van der Waals surface area (Å²) in [7, 11) is 0. The molecule has 88 valence electrons. The Bertz CT molecular complexity index is 166. The Hall–Kier alpha value is -0.610. The van der Waals surface area contributed by atoms with Crippen LogP contribution in [0.15, 0.2) is 0 Å². The molecule has 1 aliphatic rings. The zero-order valence-corrected chi connectivity index (χ0v) is 9.31. The molecule has 0 bridgehead atoms. The highest BCUT2D eigenvalue weighted by molar-refractivity contribution is 5.36. The molecule has 2 atom stereocenters. The van der Waals surface area contributed by atoms with Gasteiger partial charge in [0.05, 0.1) is 13.2 Å².